The Morgan fingerprint density at radius 3 is 2.87 bits per heavy atom. The fourth-order valence-electron chi connectivity index (χ4n) is 3.10. The van der Waals surface area contributed by atoms with Crippen LogP contribution in [-0.2, 0) is 12.8 Å². The summed E-state index contributed by atoms with van der Waals surface area (Å²) < 4.78 is 11.3. The van der Waals surface area contributed by atoms with E-state index in [9.17, 15) is 4.79 Å². The van der Waals surface area contributed by atoms with E-state index >= 15 is 0 Å². The van der Waals surface area contributed by atoms with Crippen molar-refractivity contribution in [3.63, 3.8) is 0 Å². The average Bonchev–Trinajstić information content (AvgIpc) is 3.21. The summed E-state index contributed by atoms with van der Waals surface area (Å²) in [6.45, 7) is 1.15. The molecule has 0 aromatic heterocycles. The lowest BCUT2D eigenvalue weighted by molar-refractivity contribution is 0.102. The fourth-order valence-corrected chi connectivity index (χ4v) is 3.10. The maximum Gasteiger partial charge on any atom is 0.259 e. The molecule has 5 heteroatoms. The van der Waals surface area contributed by atoms with Gasteiger partial charge in [0.25, 0.3) is 5.91 Å². The summed E-state index contributed by atoms with van der Waals surface area (Å²) in [4.78, 5) is 12.8. The Morgan fingerprint density at radius 1 is 1.17 bits per heavy atom. The number of hydrogen-bond donors (Lipinski definition) is 1. The summed E-state index contributed by atoms with van der Waals surface area (Å²) in [7, 11) is 0. The van der Waals surface area contributed by atoms with Crippen molar-refractivity contribution in [2.45, 2.75) is 12.8 Å². The molecule has 0 saturated carbocycles. The van der Waals surface area contributed by atoms with Crippen molar-refractivity contribution in [2.24, 2.45) is 0 Å². The van der Waals surface area contributed by atoms with Gasteiger partial charge in [0.05, 0.1) is 30.0 Å². The minimum atomic E-state index is -0.256. The van der Waals surface area contributed by atoms with Crippen molar-refractivity contribution in [1.29, 1.82) is 5.26 Å². The first-order valence-corrected chi connectivity index (χ1v) is 7.53. The highest BCUT2D eigenvalue weighted by atomic mass is 16.5. The van der Waals surface area contributed by atoms with Crippen LogP contribution < -0.4 is 14.8 Å². The highest BCUT2D eigenvalue weighted by Gasteiger charge is 2.30. The van der Waals surface area contributed by atoms with Gasteiger partial charge in [0.15, 0.2) is 0 Å². The smallest absolute Gasteiger partial charge is 0.259 e. The lowest BCUT2D eigenvalue weighted by atomic mass is 9.98. The van der Waals surface area contributed by atoms with E-state index in [0.717, 1.165) is 23.3 Å². The molecular formula is C18H14N2O3. The van der Waals surface area contributed by atoms with Crippen LogP contribution in [0, 0.1) is 11.3 Å². The minimum Gasteiger partial charge on any atom is -0.493 e. The Balaban J connectivity index is 1.77. The first-order chi connectivity index (χ1) is 11.3. The quantitative estimate of drug-likeness (QED) is 0.926. The molecule has 4 rings (SSSR count). The molecular weight excluding hydrogens is 292 g/mol. The maximum absolute atomic E-state index is 12.8. The molecule has 0 fully saturated rings. The van der Waals surface area contributed by atoms with Gasteiger partial charge >= 0.3 is 0 Å². The molecule has 0 atom stereocenters. The van der Waals surface area contributed by atoms with Crippen LogP contribution in [0.15, 0.2) is 30.3 Å². The van der Waals surface area contributed by atoms with Crippen molar-refractivity contribution >= 4 is 11.6 Å². The van der Waals surface area contributed by atoms with Gasteiger partial charge in [0, 0.05) is 24.0 Å². The summed E-state index contributed by atoms with van der Waals surface area (Å²) in [6, 6.07) is 11.0. The lowest BCUT2D eigenvalue weighted by Gasteiger charge is -2.13. The van der Waals surface area contributed by atoms with Crippen LogP contribution in [0.2, 0.25) is 0 Å². The summed E-state index contributed by atoms with van der Waals surface area (Å²) in [5.74, 6) is 1.17. The third kappa shape index (κ3) is 2.20. The number of carbonyl (C=O) groups excluding carboxylic acids is 1. The SMILES string of the molecule is N#Cc1ccccc1NC(=O)c1c2c(cc3c1OCC3)OCC2. The zero-order valence-electron chi connectivity index (χ0n) is 12.4. The van der Waals surface area contributed by atoms with E-state index in [4.69, 9.17) is 14.7 Å². The van der Waals surface area contributed by atoms with E-state index in [1.807, 2.05) is 6.07 Å². The summed E-state index contributed by atoms with van der Waals surface area (Å²) in [6.07, 6.45) is 1.47. The molecule has 0 spiro atoms. The van der Waals surface area contributed by atoms with Crippen molar-refractivity contribution < 1.29 is 14.3 Å². The number of rotatable bonds is 2. The summed E-state index contributed by atoms with van der Waals surface area (Å²) >= 11 is 0. The molecule has 2 aliphatic heterocycles. The first-order valence-electron chi connectivity index (χ1n) is 7.53. The van der Waals surface area contributed by atoms with Gasteiger partial charge in [-0.15, -0.1) is 0 Å². The molecule has 2 aliphatic rings. The lowest BCUT2D eigenvalue weighted by Crippen LogP contribution is -2.16. The Hall–Kier alpha value is -3.00. The van der Waals surface area contributed by atoms with Crippen LogP contribution >= 0.6 is 0 Å². The molecule has 0 aliphatic carbocycles. The predicted octanol–water partition coefficient (Wildman–Crippen LogP) is 2.68. The van der Waals surface area contributed by atoms with Crippen LogP contribution in [0.25, 0.3) is 0 Å². The molecule has 2 aromatic rings. The molecule has 0 unspecified atom stereocenters. The minimum absolute atomic E-state index is 0.256. The normalized spacial score (nSPS) is 14.2. The largest absolute Gasteiger partial charge is 0.493 e. The molecule has 114 valence electrons. The van der Waals surface area contributed by atoms with E-state index in [-0.39, 0.29) is 5.91 Å². The number of fused-ring (bicyclic) bond motifs is 2. The van der Waals surface area contributed by atoms with Gasteiger partial charge in [-0.25, -0.2) is 0 Å². The van der Waals surface area contributed by atoms with Crippen LogP contribution in [0.3, 0.4) is 0 Å². The van der Waals surface area contributed by atoms with Gasteiger partial charge in [0.2, 0.25) is 0 Å². The van der Waals surface area contributed by atoms with Crippen LogP contribution in [0.4, 0.5) is 5.69 Å². The zero-order chi connectivity index (χ0) is 15.8. The second kappa shape index (κ2) is 5.33. The monoisotopic (exact) mass is 306 g/mol. The molecule has 1 N–H and O–H groups in total. The number of anilines is 1. The van der Waals surface area contributed by atoms with Gasteiger partial charge in [0.1, 0.15) is 17.6 Å². The molecule has 0 radical (unpaired) electrons. The maximum atomic E-state index is 12.8. The number of benzene rings is 2. The number of carbonyl (C=O) groups is 1. The van der Waals surface area contributed by atoms with E-state index in [1.165, 1.54) is 0 Å². The van der Waals surface area contributed by atoms with Crippen LogP contribution in [0.1, 0.15) is 27.0 Å². The standard InChI is InChI=1S/C18H14N2O3/c19-10-12-3-1-2-4-14(12)20-18(21)16-13-6-8-22-15(13)9-11-5-7-23-17(11)16/h1-4,9H,5-8H2,(H,20,21). The van der Waals surface area contributed by atoms with Gasteiger partial charge in [-0.05, 0) is 18.2 Å². The molecule has 1 amide bonds. The highest BCUT2D eigenvalue weighted by molar-refractivity contribution is 6.08. The Labute approximate surface area is 133 Å². The van der Waals surface area contributed by atoms with Gasteiger partial charge in [-0.3, -0.25) is 4.79 Å². The molecule has 2 aromatic carbocycles. The number of hydrogen-bond acceptors (Lipinski definition) is 4. The van der Waals surface area contributed by atoms with Gasteiger partial charge in [-0.2, -0.15) is 5.26 Å². The van der Waals surface area contributed by atoms with Crippen molar-refractivity contribution in [3.05, 3.63) is 52.6 Å². The van der Waals surface area contributed by atoms with E-state index in [2.05, 4.69) is 11.4 Å². The number of amides is 1. The van der Waals surface area contributed by atoms with Gasteiger partial charge in [-0.1, -0.05) is 12.1 Å². The number of nitrogens with zero attached hydrogens (tertiary/aromatic N) is 1. The van der Waals surface area contributed by atoms with E-state index < -0.39 is 0 Å². The molecule has 0 saturated heterocycles. The summed E-state index contributed by atoms with van der Waals surface area (Å²) in [5, 5.41) is 12.0. The van der Waals surface area contributed by atoms with E-state index in [0.29, 0.717) is 42.2 Å². The Kier molecular flexibility index (Phi) is 3.16. The van der Waals surface area contributed by atoms with Crippen molar-refractivity contribution in [3.8, 4) is 17.6 Å². The second-order valence-electron chi connectivity index (χ2n) is 5.52. The molecule has 2 heterocycles. The summed E-state index contributed by atoms with van der Waals surface area (Å²) in [5.41, 5.74) is 3.37. The zero-order valence-corrected chi connectivity index (χ0v) is 12.4. The number of nitrogens with one attached hydrogen (secondary N) is 1. The van der Waals surface area contributed by atoms with Gasteiger partial charge < -0.3 is 14.8 Å². The fraction of sp³-hybridized carbons (Fsp3) is 0.222. The third-order valence-corrected chi connectivity index (χ3v) is 4.17. The second-order valence-corrected chi connectivity index (χ2v) is 5.52. The highest BCUT2D eigenvalue weighted by Crippen LogP contribution is 2.40. The van der Waals surface area contributed by atoms with Crippen LogP contribution in [0.5, 0.6) is 11.5 Å². The average molecular weight is 306 g/mol. The topological polar surface area (TPSA) is 71.4 Å². The number of para-hydroxylation sites is 1. The molecule has 0 bridgehead atoms. The van der Waals surface area contributed by atoms with Crippen molar-refractivity contribution in [1.82, 2.24) is 0 Å². The number of nitriles is 1. The first kappa shape index (κ1) is 13.6. The molecule has 23 heavy (non-hydrogen) atoms. The number of ether oxygens (including phenoxy) is 2. The van der Waals surface area contributed by atoms with Crippen LogP contribution in [-0.4, -0.2) is 19.1 Å². The Bertz CT molecular complexity index is 820. The third-order valence-electron chi connectivity index (χ3n) is 4.17. The Morgan fingerprint density at radius 2 is 2.00 bits per heavy atom. The van der Waals surface area contributed by atoms with Crippen molar-refractivity contribution in [2.75, 3.05) is 18.5 Å². The predicted molar refractivity (Wildman–Crippen MR) is 84.0 cm³/mol. The van der Waals surface area contributed by atoms with E-state index in [1.54, 1.807) is 24.3 Å². The molecule has 5 nitrogen and oxygen atoms in total.